The van der Waals surface area contributed by atoms with E-state index in [0.717, 1.165) is 23.7 Å². The first-order valence-electron chi connectivity index (χ1n) is 5.36. The topological polar surface area (TPSA) is 0 Å². The molecule has 68 valence electrons. The fourth-order valence-corrected chi connectivity index (χ4v) is 5.48. The molecular weight excluding hydrogens is 212 g/mol. The molecule has 0 amide bonds. The largest absolute Gasteiger partial charge is 0.0850 e. The molecule has 4 aliphatic rings. The van der Waals surface area contributed by atoms with Crippen LogP contribution in [0.25, 0.3) is 0 Å². The molecule has 1 heteroatoms. The Kier molecular flexibility index (Phi) is 1.50. The first-order valence-corrected chi connectivity index (χ1v) is 6.15. The van der Waals surface area contributed by atoms with Gasteiger partial charge < -0.3 is 0 Å². The Labute approximate surface area is 83.2 Å². The van der Waals surface area contributed by atoms with Crippen LogP contribution in [0.4, 0.5) is 0 Å². The standard InChI is InChI=1S/C11H17Br/c1-7-10-3-8-2-9(4-10)6-11(7,12)5-8/h7-10H,2-6H2,1H3. The molecule has 0 aromatic heterocycles. The van der Waals surface area contributed by atoms with Gasteiger partial charge in [-0.05, 0) is 55.8 Å². The van der Waals surface area contributed by atoms with Crippen molar-refractivity contribution >= 4 is 15.9 Å². The van der Waals surface area contributed by atoms with Crippen molar-refractivity contribution in [3.63, 3.8) is 0 Å². The zero-order valence-corrected chi connectivity index (χ0v) is 9.31. The molecular formula is C11H17Br. The van der Waals surface area contributed by atoms with Gasteiger partial charge in [-0.15, -0.1) is 0 Å². The van der Waals surface area contributed by atoms with Crippen LogP contribution < -0.4 is 0 Å². The zero-order chi connectivity index (χ0) is 8.34. The van der Waals surface area contributed by atoms with Crippen molar-refractivity contribution in [2.24, 2.45) is 23.7 Å². The van der Waals surface area contributed by atoms with E-state index in [9.17, 15) is 0 Å². The summed E-state index contributed by atoms with van der Waals surface area (Å²) in [7, 11) is 0. The second-order valence-corrected chi connectivity index (χ2v) is 7.01. The molecule has 4 bridgehead atoms. The minimum atomic E-state index is 0.571. The summed E-state index contributed by atoms with van der Waals surface area (Å²) in [5.41, 5.74) is 0. The molecule has 0 radical (unpaired) electrons. The lowest BCUT2D eigenvalue weighted by molar-refractivity contribution is -0.00506. The van der Waals surface area contributed by atoms with Crippen molar-refractivity contribution in [1.29, 1.82) is 0 Å². The normalized spacial score (nSPS) is 62.5. The third kappa shape index (κ3) is 0.893. The van der Waals surface area contributed by atoms with Crippen LogP contribution in [0.1, 0.15) is 39.0 Å². The predicted molar refractivity (Wildman–Crippen MR) is 54.4 cm³/mol. The Balaban J connectivity index is 1.97. The fraction of sp³-hybridized carbons (Fsp3) is 1.00. The lowest BCUT2D eigenvalue weighted by atomic mass is 9.52. The lowest BCUT2D eigenvalue weighted by Crippen LogP contribution is -2.52. The molecule has 0 saturated heterocycles. The van der Waals surface area contributed by atoms with E-state index < -0.39 is 0 Å². The maximum Gasteiger partial charge on any atom is 0.0291 e. The summed E-state index contributed by atoms with van der Waals surface area (Å²) in [6, 6.07) is 0. The molecule has 4 rings (SSSR count). The highest BCUT2D eigenvalue weighted by Gasteiger charge is 2.53. The summed E-state index contributed by atoms with van der Waals surface area (Å²) in [6.07, 6.45) is 7.59. The first kappa shape index (κ1) is 7.84. The second-order valence-electron chi connectivity index (χ2n) is 5.43. The highest BCUT2D eigenvalue weighted by molar-refractivity contribution is 9.10. The van der Waals surface area contributed by atoms with E-state index in [2.05, 4.69) is 22.9 Å². The lowest BCUT2D eigenvalue weighted by Gasteiger charge is -2.58. The van der Waals surface area contributed by atoms with Gasteiger partial charge in [-0.1, -0.05) is 22.9 Å². The van der Waals surface area contributed by atoms with Crippen molar-refractivity contribution in [3.05, 3.63) is 0 Å². The number of halogens is 1. The molecule has 0 aromatic carbocycles. The van der Waals surface area contributed by atoms with Gasteiger partial charge in [-0.3, -0.25) is 0 Å². The molecule has 0 aromatic rings. The van der Waals surface area contributed by atoms with Gasteiger partial charge in [0, 0.05) is 4.32 Å². The van der Waals surface area contributed by atoms with Crippen LogP contribution >= 0.6 is 15.9 Å². The van der Waals surface area contributed by atoms with Crippen LogP contribution in [0.3, 0.4) is 0 Å². The molecule has 0 N–H and O–H groups in total. The first-order chi connectivity index (χ1) is 5.67. The van der Waals surface area contributed by atoms with Crippen molar-refractivity contribution in [2.45, 2.75) is 43.4 Å². The summed E-state index contributed by atoms with van der Waals surface area (Å²) in [6.45, 7) is 2.47. The third-order valence-corrected chi connectivity index (χ3v) is 6.09. The molecule has 3 unspecified atom stereocenters. The maximum atomic E-state index is 4.02. The van der Waals surface area contributed by atoms with Gasteiger partial charge >= 0.3 is 0 Å². The second kappa shape index (κ2) is 2.29. The van der Waals surface area contributed by atoms with Gasteiger partial charge in [0.1, 0.15) is 0 Å². The number of hydrogen-bond donors (Lipinski definition) is 0. The van der Waals surface area contributed by atoms with E-state index in [1.807, 2.05) is 0 Å². The van der Waals surface area contributed by atoms with E-state index in [-0.39, 0.29) is 0 Å². The summed E-state index contributed by atoms with van der Waals surface area (Å²) in [5.74, 6) is 4.18. The minimum absolute atomic E-state index is 0.571. The average molecular weight is 229 g/mol. The quantitative estimate of drug-likeness (QED) is 0.557. The van der Waals surface area contributed by atoms with Gasteiger partial charge in [0.05, 0.1) is 0 Å². The maximum absolute atomic E-state index is 4.02. The number of hydrogen-bond acceptors (Lipinski definition) is 0. The molecule has 0 heterocycles. The molecule has 4 fully saturated rings. The van der Waals surface area contributed by atoms with E-state index in [1.54, 1.807) is 19.3 Å². The van der Waals surface area contributed by atoms with E-state index in [0.29, 0.717) is 4.32 Å². The summed E-state index contributed by atoms with van der Waals surface area (Å²) >= 11 is 4.02. The van der Waals surface area contributed by atoms with Gasteiger partial charge in [0.15, 0.2) is 0 Å². The molecule has 3 atom stereocenters. The smallest absolute Gasteiger partial charge is 0.0291 e. The third-order valence-electron chi connectivity index (χ3n) is 4.72. The highest BCUT2D eigenvalue weighted by Crippen LogP contribution is 2.61. The molecule has 0 nitrogen and oxygen atoms in total. The molecule has 12 heavy (non-hydrogen) atoms. The van der Waals surface area contributed by atoms with Crippen molar-refractivity contribution in [3.8, 4) is 0 Å². The SMILES string of the molecule is CC1C2CC3CC(C2)CC1(Br)C3. The fourth-order valence-electron chi connectivity index (χ4n) is 4.20. The van der Waals surface area contributed by atoms with Gasteiger partial charge in [0.2, 0.25) is 0 Å². The summed E-state index contributed by atoms with van der Waals surface area (Å²) < 4.78 is 0.571. The van der Waals surface area contributed by atoms with Crippen LogP contribution in [-0.2, 0) is 0 Å². The molecule has 4 aliphatic carbocycles. The Morgan fingerprint density at radius 1 is 1.08 bits per heavy atom. The Bertz CT molecular complexity index is 197. The van der Waals surface area contributed by atoms with Crippen LogP contribution in [-0.4, -0.2) is 4.32 Å². The van der Waals surface area contributed by atoms with Gasteiger partial charge in [-0.2, -0.15) is 0 Å². The number of rotatable bonds is 0. The van der Waals surface area contributed by atoms with Crippen LogP contribution in [0.2, 0.25) is 0 Å². The van der Waals surface area contributed by atoms with E-state index >= 15 is 0 Å². The van der Waals surface area contributed by atoms with Crippen LogP contribution in [0.5, 0.6) is 0 Å². The summed E-state index contributed by atoms with van der Waals surface area (Å²) in [4.78, 5) is 0. The number of alkyl halides is 1. The van der Waals surface area contributed by atoms with Gasteiger partial charge in [-0.25, -0.2) is 0 Å². The molecule has 4 saturated carbocycles. The van der Waals surface area contributed by atoms with E-state index in [1.165, 1.54) is 12.8 Å². The summed E-state index contributed by atoms with van der Waals surface area (Å²) in [5, 5.41) is 0. The molecule has 0 spiro atoms. The van der Waals surface area contributed by atoms with Crippen molar-refractivity contribution in [2.75, 3.05) is 0 Å². The Hall–Kier alpha value is 0.480. The average Bonchev–Trinajstić information content (AvgIpc) is 1.98. The zero-order valence-electron chi connectivity index (χ0n) is 7.72. The Morgan fingerprint density at radius 2 is 1.67 bits per heavy atom. The van der Waals surface area contributed by atoms with E-state index in [4.69, 9.17) is 0 Å². The monoisotopic (exact) mass is 228 g/mol. The predicted octanol–water partition coefficient (Wildman–Crippen LogP) is 3.60. The van der Waals surface area contributed by atoms with Crippen LogP contribution in [0.15, 0.2) is 0 Å². The highest BCUT2D eigenvalue weighted by atomic mass is 79.9. The Morgan fingerprint density at radius 3 is 2.17 bits per heavy atom. The van der Waals surface area contributed by atoms with Crippen LogP contribution in [0, 0.1) is 23.7 Å². The minimum Gasteiger partial charge on any atom is -0.0850 e. The molecule has 0 aliphatic heterocycles. The van der Waals surface area contributed by atoms with Crippen molar-refractivity contribution in [1.82, 2.24) is 0 Å². The van der Waals surface area contributed by atoms with Gasteiger partial charge in [0.25, 0.3) is 0 Å². The van der Waals surface area contributed by atoms with Crippen molar-refractivity contribution < 1.29 is 0 Å².